The van der Waals surface area contributed by atoms with Crippen LogP contribution in [-0.4, -0.2) is 72.0 Å². The molecule has 0 bridgehead atoms. The largest absolute Gasteiger partial charge is 0.488 e. The highest BCUT2D eigenvalue weighted by molar-refractivity contribution is 6.31. The van der Waals surface area contributed by atoms with Crippen LogP contribution in [0.2, 0.25) is 5.02 Å². The van der Waals surface area contributed by atoms with Crippen molar-refractivity contribution in [2.45, 2.75) is 32.0 Å². The lowest BCUT2D eigenvalue weighted by Crippen LogP contribution is -2.51. The Morgan fingerprint density at radius 1 is 1.24 bits per heavy atom. The molecule has 2 fully saturated rings. The van der Waals surface area contributed by atoms with Gasteiger partial charge in [-0.1, -0.05) is 11.6 Å². The third kappa shape index (κ3) is 6.20. The van der Waals surface area contributed by atoms with Gasteiger partial charge in [-0.15, -0.1) is 0 Å². The average Bonchev–Trinajstić information content (AvgIpc) is 3.34. The van der Waals surface area contributed by atoms with Crippen molar-refractivity contribution >= 4 is 40.0 Å². The minimum Gasteiger partial charge on any atom is -0.488 e. The van der Waals surface area contributed by atoms with Crippen LogP contribution in [-0.2, 0) is 14.3 Å². The first-order valence-corrected chi connectivity index (χ1v) is 12.5. The first-order chi connectivity index (χ1) is 17.8. The van der Waals surface area contributed by atoms with Crippen LogP contribution in [0.4, 0.5) is 15.9 Å². The lowest BCUT2D eigenvalue weighted by Gasteiger charge is -2.37. The van der Waals surface area contributed by atoms with Crippen molar-refractivity contribution in [1.29, 1.82) is 0 Å². The van der Waals surface area contributed by atoms with Gasteiger partial charge in [0.1, 0.15) is 36.3 Å². The third-order valence-corrected chi connectivity index (χ3v) is 6.37. The summed E-state index contributed by atoms with van der Waals surface area (Å²) in [6, 6.07) is 7.99. The molecule has 0 radical (unpaired) electrons. The van der Waals surface area contributed by atoms with E-state index < -0.39 is 11.4 Å². The molecule has 2 aromatic carbocycles. The summed E-state index contributed by atoms with van der Waals surface area (Å²) >= 11 is 5.95. The molecule has 0 unspecified atom stereocenters. The van der Waals surface area contributed by atoms with Gasteiger partial charge in [-0.25, -0.2) is 14.4 Å². The fraction of sp³-hybridized carbons (Fsp3) is 0.423. The summed E-state index contributed by atoms with van der Waals surface area (Å²) in [6.45, 7) is 6.62. The Balaban J connectivity index is 1.40. The SMILES string of the molecule is CC1(C)CN(CCOc2cc3c(Nc4ccc(F)c(Cl)c4)ncnc3cc2O[C@@H]2CCOC2)CC(=O)O1. The summed E-state index contributed by atoms with van der Waals surface area (Å²) in [5.41, 5.74) is 0.681. The molecule has 9 nitrogen and oxygen atoms in total. The summed E-state index contributed by atoms with van der Waals surface area (Å²) in [4.78, 5) is 22.7. The molecule has 37 heavy (non-hydrogen) atoms. The van der Waals surface area contributed by atoms with Gasteiger partial charge < -0.3 is 24.3 Å². The van der Waals surface area contributed by atoms with Crippen LogP contribution in [0, 0.1) is 5.82 Å². The normalized spacial score (nSPS) is 19.6. The number of hydrogen-bond donors (Lipinski definition) is 1. The van der Waals surface area contributed by atoms with Crippen molar-refractivity contribution in [2.24, 2.45) is 0 Å². The Morgan fingerprint density at radius 3 is 2.86 bits per heavy atom. The number of nitrogens with one attached hydrogen (secondary N) is 1. The number of morpholine rings is 1. The van der Waals surface area contributed by atoms with E-state index in [9.17, 15) is 9.18 Å². The van der Waals surface area contributed by atoms with Crippen LogP contribution in [0.3, 0.4) is 0 Å². The number of fused-ring (bicyclic) bond motifs is 1. The summed E-state index contributed by atoms with van der Waals surface area (Å²) in [6.07, 6.45) is 2.14. The number of rotatable bonds is 8. The van der Waals surface area contributed by atoms with E-state index in [0.717, 1.165) is 6.42 Å². The topological polar surface area (TPSA) is 95.0 Å². The molecule has 2 aliphatic rings. The highest BCUT2D eigenvalue weighted by Crippen LogP contribution is 2.36. The molecule has 0 saturated carbocycles. The van der Waals surface area contributed by atoms with E-state index >= 15 is 0 Å². The number of aromatic nitrogens is 2. The smallest absolute Gasteiger partial charge is 0.320 e. The standard InChI is InChI=1S/C26H28ClFN4O5/c1-26(2)14-32(12-24(33)37-26)6-8-35-22-10-18-21(11-23(22)36-17-5-7-34-13-17)29-15-30-25(18)31-16-3-4-20(28)19(27)9-16/h3-4,9-11,15,17H,5-8,12-14H2,1-2H3,(H,29,30,31)/t17-/m1/s1. The van der Waals surface area contributed by atoms with E-state index in [1.165, 1.54) is 18.5 Å². The van der Waals surface area contributed by atoms with E-state index in [-0.39, 0.29) is 23.6 Å². The molecule has 1 atom stereocenters. The molecule has 0 amide bonds. The van der Waals surface area contributed by atoms with Crippen LogP contribution in [0.15, 0.2) is 36.7 Å². The van der Waals surface area contributed by atoms with E-state index in [4.69, 9.17) is 30.5 Å². The number of esters is 1. The van der Waals surface area contributed by atoms with E-state index in [1.54, 1.807) is 6.07 Å². The van der Waals surface area contributed by atoms with Crippen molar-refractivity contribution in [3.63, 3.8) is 0 Å². The number of anilines is 2. The van der Waals surface area contributed by atoms with Gasteiger partial charge in [-0.2, -0.15) is 0 Å². The quantitative estimate of drug-likeness (QED) is 0.426. The van der Waals surface area contributed by atoms with Gasteiger partial charge in [-0.05, 0) is 38.1 Å². The predicted octanol–water partition coefficient (Wildman–Crippen LogP) is 4.35. The van der Waals surface area contributed by atoms with E-state index in [2.05, 4.69) is 15.3 Å². The number of benzene rings is 2. The summed E-state index contributed by atoms with van der Waals surface area (Å²) in [5.74, 6) is 0.831. The van der Waals surface area contributed by atoms with Crippen LogP contribution in [0.1, 0.15) is 20.3 Å². The molecule has 0 aliphatic carbocycles. The number of cyclic esters (lactones) is 1. The van der Waals surface area contributed by atoms with Crippen molar-refractivity contribution in [2.75, 3.05) is 44.8 Å². The highest BCUT2D eigenvalue weighted by atomic mass is 35.5. The fourth-order valence-electron chi connectivity index (χ4n) is 4.46. The van der Waals surface area contributed by atoms with Crippen LogP contribution in [0.5, 0.6) is 11.5 Å². The summed E-state index contributed by atoms with van der Waals surface area (Å²) in [7, 11) is 0. The predicted molar refractivity (Wildman–Crippen MR) is 136 cm³/mol. The molecule has 1 aromatic heterocycles. The monoisotopic (exact) mass is 530 g/mol. The van der Waals surface area contributed by atoms with Gasteiger partial charge in [0.15, 0.2) is 11.5 Å². The number of hydrogen-bond acceptors (Lipinski definition) is 9. The van der Waals surface area contributed by atoms with Gasteiger partial charge in [0.2, 0.25) is 0 Å². The van der Waals surface area contributed by atoms with Crippen molar-refractivity contribution in [3.8, 4) is 11.5 Å². The maximum absolute atomic E-state index is 13.6. The minimum absolute atomic E-state index is 0.00613. The van der Waals surface area contributed by atoms with E-state index in [0.29, 0.717) is 66.8 Å². The molecular formula is C26H28ClFN4O5. The molecule has 2 saturated heterocycles. The fourth-order valence-corrected chi connectivity index (χ4v) is 4.64. The molecule has 0 spiro atoms. The second-order valence-electron chi connectivity index (χ2n) is 9.69. The van der Waals surface area contributed by atoms with Crippen molar-refractivity contribution in [1.82, 2.24) is 14.9 Å². The number of carbonyl (C=O) groups is 1. The van der Waals surface area contributed by atoms with Gasteiger partial charge in [0.05, 0.1) is 30.3 Å². The highest BCUT2D eigenvalue weighted by Gasteiger charge is 2.32. The van der Waals surface area contributed by atoms with Gasteiger partial charge >= 0.3 is 5.97 Å². The Labute approximate surface area is 218 Å². The second kappa shape index (κ2) is 10.6. The Hall–Kier alpha value is -3.21. The van der Waals surface area contributed by atoms with Crippen LogP contribution in [0.25, 0.3) is 10.9 Å². The molecule has 2 aliphatic heterocycles. The number of halogens is 2. The number of nitrogens with zero attached hydrogens (tertiary/aromatic N) is 3. The second-order valence-corrected chi connectivity index (χ2v) is 10.1. The molecule has 3 heterocycles. The van der Waals surface area contributed by atoms with E-state index in [1.807, 2.05) is 30.9 Å². The van der Waals surface area contributed by atoms with Crippen molar-refractivity contribution < 1.29 is 28.1 Å². The first kappa shape index (κ1) is 25.4. The maximum Gasteiger partial charge on any atom is 0.320 e. The molecule has 196 valence electrons. The zero-order valence-corrected chi connectivity index (χ0v) is 21.4. The van der Waals surface area contributed by atoms with Crippen molar-refractivity contribution in [3.05, 3.63) is 47.5 Å². The molecule has 3 aromatic rings. The first-order valence-electron chi connectivity index (χ1n) is 12.1. The summed E-state index contributed by atoms with van der Waals surface area (Å²) in [5, 5.41) is 3.87. The van der Waals surface area contributed by atoms with Gasteiger partial charge in [0.25, 0.3) is 0 Å². The van der Waals surface area contributed by atoms with Gasteiger partial charge in [-0.3, -0.25) is 9.69 Å². The Bertz CT molecular complexity index is 1300. The zero-order valence-electron chi connectivity index (χ0n) is 20.6. The minimum atomic E-state index is -0.545. The molecular weight excluding hydrogens is 503 g/mol. The molecule has 5 rings (SSSR count). The lowest BCUT2D eigenvalue weighted by atomic mass is 10.1. The van der Waals surface area contributed by atoms with Gasteiger partial charge in [0, 0.05) is 36.7 Å². The zero-order chi connectivity index (χ0) is 26.0. The summed E-state index contributed by atoms with van der Waals surface area (Å²) < 4.78 is 36.9. The number of ether oxygens (including phenoxy) is 4. The number of carbonyl (C=O) groups excluding carboxylic acids is 1. The molecule has 11 heteroatoms. The Morgan fingerprint density at radius 2 is 2.11 bits per heavy atom. The average molecular weight is 531 g/mol. The Kier molecular flexibility index (Phi) is 7.32. The van der Waals surface area contributed by atoms with Crippen LogP contribution < -0.4 is 14.8 Å². The van der Waals surface area contributed by atoms with Crippen LogP contribution >= 0.6 is 11.6 Å². The lowest BCUT2D eigenvalue weighted by molar-refractivity contribution is -0.169. The third-order valence-electron chi connectivity index (χ3n) is 6.08. The maximum atomic E-state index is 13.6. The molecule has 1 N–H and O–H groups in total.